The van der Waals surface area contributed by atoms with Crippen LogP contribution in [0.2, 0.25) is 0 Å². The Morgan fingerprint density at radius 3 is 2.05 bits per heavy atom. The van der Waals surface area contributed by atoms with Gasteiger partial charge in [-0.15, -0.1) is 11.3 Å². The normalized spacial score (nSPS) is 14.5. The van der Waals surface area contributed by atoms with Crippen LogP contribution in [-0.4, -0.2) is 55.3 Å². The molecule has 38 heavy (non-hydrogen) atoms. The fourth-order valence-corrected chi connectivity index (χ4v) is 6.57. The number of piperazine rings is 1. The van der Waals surface area contributed by atoms with Crippen molar-refractivity contribution in [2.24, 2.45) is 0 Å². The highest BCUT2D eigenvalue weighted by Crippen LogP contribution is 2.29. The first-order valence-electron chi connectivity index (χ1n) is 12.2. The molecule has 2 heterocycles. The van der Waals surface area contributed by atoms with Crippen molar-refractivity contribution < 1.29 is 17.6 Å². The van der Waals surface area contributed by atoms with Crippen LogP contribution in [0.1, 0.15) is 22.9 Å². The number of hydrogen-bond donors (Lipinski definition) is 1. The molecule has 1 aliphatic rings. The molecule has 1 fully saturated rings. The number of hydrogen-bond acceptors (Lipinski definition) is 6. The van der Waals surface area contributed by atoms with Crippen LogP contribution in [0.4, 0.5) is 9.52 Å². The lowest BCUT2D eigenvalue weighted by Crippen LogP contribution is -2.50. The monoisotopic (exact) mass is 550 g/mol. The summed E-state index contributed by atoms with van der Waals surface area (Å²) in [6.07, 6.45) is 0.0928. The Kier molecular flexibility index (Phi) is 7.82. The van der Waals surface area contributed by atoms with Crippen molar-refractivity contribution in [2.45, 2.75) is 17.4 Å². The average Bonchev–Trinajstić information content (AvgIpc) is 3.36. The van der Waals surface area contributed by atoms with Crippen molar-refractivity contribution in [3.05, 3.63) is 113 Å². The van der Waals surface area contributed by atoms with Crippen LogP contribution >= 0.6 is 11.3 Å². The lowest BCUT2D eigenvalue weighted by Gasteiger charge is -2.39. The number of amides is 1. The lowest BCUT2D eigenvalue weighted by atomic mass is 9.96. The van der Waals surface area contributed by atoms with Gasteiger partial charge in [-0.3, -0.25) is 14.4 Å². The van der Waals surface area contributed by atoms with Gasteiger partial charge < -0.3 is 4.90 Å². The third kappa shape index (κ3) is 6.09. The minimum atomic E-state index is -3.90. The molecule has 0 saturated carbocycles. The van der Waals surface area contributed by atoms with E-state index in [1.54, 1.807) is 5.38 Å². The van der Waals surface area contributed by atoms with Crippen molar-refractivity contribution in [1.82, 2.24) is 14.8 Å². The number of nitrogens with one attached hydrogen (secondary N) is 1. The van der Waals surface area contributed by atoms with E-state index in [9.17, 15) is 17.6 Å². The zero-order chi connectivity index (χ0) is 26.5. The molecule has 0 bridgehead atoms. The molecule has 0 unspecified atom stereocenters. The van der Waals surface area contributed by atoms with Gasteiger partial charge in [-0.1, -0.05) is 60.7 Å². The van der Waals surface area contributed by atoms with Gasteiger partial charge in [-0.2, -0.15) is 0 Å². The highest BCUT2D eigenvalue weighted by molar-refractivity contribution is 7.93. The molecule has 4 aromatic rings. The molecule has 3 aromatic carbocycles. The third-order valence-corrected chi connectivity index (χ3v) is 8.78. The summed E-state index contributed by atoms with van der Waals surface area (Å²) in [4.78, 5) is 21.5. The summed E-state index contributed by atoms with van der Waals surface area (Å²) >= 11 is 1.11. The number of anilines is 1. The van der Waals surface area contributed by atoms with Crippen molar-refractivity contribution in [2.75, 3.05) is 30.9 Å². The molecule has 0 spiro atoms. The number of thiazole rings is 1. The summed E-state index contributed by atoms with van der Waals surface area (Å²) in [6, 6.07) is 25.4. The summed E-state index contributed by atoms with van der Waals surface area (Å²) in [7, 11) is -3.90. The Labute approximate surface area is 225 Å². The van der Waals surface area contributed by atoms with E-state index in [0.717, 1.165) is 36.6 Å². The number of nitrogens with zero attached hydrogens (tertiary/aromatic N) is 3. The van der Waals surface area contributed by atoms with E-state index in [-0.39, 0.29) is 28.4 Å². The second-order valence-electron chi connectivity index (χ2n) is 9.02. The second-order valence-corrected chi connectivity index (χ2v) is 11.6. The first-order valence-corrected chi connectivity index (χ1v) is 14.6. The maximum absolute atomic E-state index is 13.1. The molecule has 0 radical (unpaired) electrons. The first kappa shape index (κ1) is 26.0. The molecule has 1 aromatic heterocycles. The van der Waals surface area contributed by atoms with Gasteiger partial charge in [0.25, 0.3) is 10.0 Å². The van der Waals surface area contributed by atoms with E-state index in [4.69, 9.17) is 0 Å². The SMILES string of the molecule is O=C(Cc1csc(NS(=O)(=O)c2ccc(F)cc2)n1)N1CCN(C(c2ccccc2)c2ccccc2)CC1. The fraction of sp³-hybridized carbons (Fsp3) is 0.214. The predicted octanol–water partition coefficient (Wildman–Crippen LogP) is 4.56. The minimum Gasteiger partial charge on any atom is -0.340 e. The Balaban J connectivity index is 1.20. The Hall–Kier alpha value is -3.60. The van der Waals surface area contributed by atoms with E-state index in [1.807, 2.05) is 41.3 Å². The number of sulfonamides is 1. The molecule has 1 amide bonds. The van der Waals surface area contributed by atoms with Gasteiger partial charge in [0.2, 0.25) is 5.91 Å². The quantitative estimate of drug-likeness (QED) is 0.348. The molecule has 0 aliphatic carbocycles. The van der Waals surface area contributed by atoms with Crippen molar-refractivity contribution in [3.8, 4) is 0 Å². The smallest absolute Gasteiger partial charge is 0.263 e. The predicted molar refractivity (Wildman–Crippen MR) is 146 cm³/mol. The topological polar surface area (TPSA) is 82.6 Å². The van der Waals surface area contributed by atoms with E-state index in [0.29, 0.717) is 18.8 Å². The Morgan fingerprint density at radius 1 is 0.895 bits per heavy atom. The van der Waals surface area contributed by atoms with Crippen molar-refractivity contribution in [1.29, 1.82) is 0 Å². The highest BCUT2D eigenvalue weighted by atomic mass is 32.2. The minimum absolute atomic E-state index is 0.0427. The largest absolute Gasteiger partial charge is 0.340 e. The molecule has 10 heteroatoms. The van der Waals surface area contributed by atoms with Gasteiger partial charge in [0.15, 0.2) is 5.13 Å². The number of carbonyl (C=O) groups excluding carboxylic acids is 1. The van der Waals surface area contributed by atoms with Crippen LogP contribution in [0.15, 0.2) is 95.2 Å². The van der Waals surface area contributed by atoms with E-state index in [2.05, 4.69) is 38.9 Å². The highest BCUT2D eigenvalue weighted by Gasteiger charge is 2.28. The molecular weight excluding hydrogens is 523 g/mol. The zero-order valence-corrected chi connectivity index (χ0v) is 22.2. The van der Waals surface area contributed by atoms with Crippen LogP contribution in [0.25, 0.3) is 0 Å². The van der Waals surface area contributed by atoms with E-state index >= 15 is 0 Å². The number of aromatic nitrogens is 1. The van der Waals surface area contributed by atoms with Gasteiger partial charge >= 0.3 is 0 Å². The number of rotatable bonds is 8. The Bertz CT molecular complexity index is 1430. The summed E-state index contributed by atoms with van der Waals surface area (Å²) in [5.74, 6) is -0.561. The molecule has 1 saturated heterocycles. The average molecular weight is 551 g/mol. The van der Waals surface area contributed by atoms with Crippen LogP contribution in [0, 0.1) is 5.82 Å². The van der Waals surface area contributed by atoms with Crippen molar-refractivity contribution >= 4 is 32.4 Å². The van der Waals surface area contributed by atoms with Gasteiger partial charge in [0.1, 0.15) is 5.82 Å². The zero-order valence-electron chi connectivity index (χ0n) is 20.5. The summed E-state index contributed by atoms with van der Waals surface area (Å²) in [6.45, 7) is 2.67. The van der Waals surface area contributed by atoms with Crippen LogP contribution in [0.5, 0.6) is 0 Å². The molecular formula is C28H27FN4O3S2. The molecule has 5 rings (SSSR count). The number of benzene rings is 3. The van der Waals surface area contributed by atoms with Crippen LogP contribution < -0.4 is 4.72 Å². The maximum Gasteiger partial charge on any atom is 0.263 e. The van der Waals surface area contributed by atoms with Crippen LogP contribution in [-0.2, 0) is 21.2 Å². The molecule has 1 aliphatic heterocycles. The summed E-state index contributed by atoms with van der Waals surface area (Å²) in [5, 5.41) is 1.84. The van der Waals surface area contributed by atoms with E-state index < -0.39 is 15.8 Å². The van der Waals surface area contributed by atoms with Gasteiger partial charge in [0.05, 0.1) is 23.1 Å². The number of halogens is 1. The van der Waals surface area contributed by atoms with Gasteiger partial charge in [-0.25, -0.2) is 17.8 Å². The fourth-order valence-electron chi connectivity index (χ4n) is 4.60. The van der Waals surface area contributed by atoms with Gasteiger partial charge in [0, 0.05) is 31.6 Å². The lowest BCUT2D eigenvalue weighted by molar-refractivity contribution is -0.132. The van der Waals surface area contributed by atoms with Gasteiger partial charge in [-0.05, 0) is 35.4 Å². The third-order valence-electron chi connectivity index (χ3n) is 6.49. The second kappa shape index (κ2) is 11.4. The first-order chi connectivity index (χ1) is 18.4. The Morgan fingerprint density at radius 2 is 1.47 bits per heavy atom. The maximum atomic E-state index is 13.1. The molecule has 1 N–H and O–H groups in total. The van der Waals surface area contributed by atoms with Crippen molar-refractivity contribution in [3.63, 3.8) is 0 Å². The molecule has 7 nitrogen and oxygen atoms in total. The van der Waals surface area contributed by atoms with Crippen LogP contribution in [0.3, 0.4) is 0 Å². The number of carbonyl (C=O) groups is 1. The molecule has 0 atom stereocenters. The summed E-state index contributed by atoms with van der Waals surface area (Å²) < 4.78 is 40.6. The summed E-state index contributed by atoms with van der Waals surface area (Å²) in [5.41, 5.74) is 2.94. The van der Waals surface area contributed by atoms with E-state index in [1.165, 1.54) is 23.3 Å². The standard InChI is InChI=1S/C28H27FN4O3S2/c29-23-11-13-25(14-12-23)38(35,36)31-28-30-24(20-37-28)19-26(34)32-15-17-33(18-16-32)27(21-7-3-1-4-8-21)22-9-5-2-6-10-22/h1-14,20,27H,15-19H2,(H,30,31). The molecule has 196 valence electrons.